The summed E-state index contributed by atoms with van der Waals surface area (Å²) in [6, 6.07) is 5.87. The van der Waals surface area contributed by atoms with Crippen LogP contribution in [0.3, 0.4) is 0 Å². The molecule has 5 nitrogen and oxygen atoms in total. The molecule has 0 atom stereocenters. The molecular weight excluding hydrogens is 288 g/mol. The highest BCUT2D eigenvalue weighted by molar-refractivity contribution is 5.99. The van der Waals surface area contributed by atoms with Crippen molar-refractivity contribution in [3.8, 4) is 0 Å². The van der Waals surface area contributed by atoms with Crippen LogP contribution < -0.4 is 0 Å². The van der Waals surface area contributed by atoms with Crippen LogP contribution >= 0.6 is 0 Å². The van der Waals surface area contributed by atoms with E-state index < -0.39 is 0 Å². The maximum Gasteiger partial charge on any atom is 0.164 e. The van der Waals surface area contributed by atoms with Crippen LogP contribution in [0.2, 0.25) is 0 Å². The average molecular weight is 312 g/mol. The molecule has 1 N–H and O–H groups in total. The molecule has 23 heavy (non-hydrogen) atoms. The fraction of sp³-hybridized carbons (Fsp3) is 0.556. The Bertz CT molecular complexity index is 711. The normalized spacial score (nSPS) is 20.2. The molecule has 1 aromatic carbocycles. The molecule has 4 rings (SSSR count). The van der Waals surface area contributed by atoms with Crippen molar-refractivity contribution in [1.29, 1.82) is 0 Å². The summed E-state index contributed by atoms with van der Waals surface area (Å²) >= 11 is 0. The van der Waals surface area contributed by atoms with E-state index in [1.807, 2.05) is 18.2 Å². The number of carbonyl (C=O) groups excluding carboxylic acids is 1. The summed E-state index contributed by atoms with van der Waals surface area (Å²) in [7, 11) is 2.15. The number of nitrogens with zero attached hydrogens (tertiary/aromatic N) is 3. The van der Waals surface area contributed by atoms with E-state index in [1.165, 1.54) is 12.8 Å². The second-order valence-electron chi connectivity index (χ2n) is 6.95. The standard InChI is InChI=1S/C18H24N4O/c1-21-8-10-22(11-9-21)7-6-17(23)14-4-5-15-16(12-14)20-18(19-15)13-2-3-13/h4-5,12-13H,2-3,6-11H2,1H3,(H,19,20). The molecule has 0 unspecified atom stereocenters. The van der Waals surface area contributed by atoms with E-state index >= 15 is 0 Å². The van der Waals surface area contributed by atoms with Gasteiger partial charge in [-0.2, -0.15) is 0 Å². The molecule has 1 aliphatic carbocycles. The molecule has 0 spiro atoms. The lowest BCUT2D eigenvalue weighted by Crippen LogP contribution is -2.45. The number of hydrogen-bond acceptors (Lipinski definition) is 4. The van der Waals surface area contributed by atoms with Crippen molar-refractivity contribution in [2.75, 3.05) is 39.8 Å². The molecule has 0 amide bonds. The van der Waals surface area contributed by atoms with Gasteiger partial charge in [-0.15, -0.1) is 0 Å². The predicted molar refractivity (Wildman–Crippen MR) is 91.0 cm³/mol. The van der Waals surface area contributed by atoms with Gasteiger partial charge in [-0.25, -0.2) is 4.98 Å². The molecule has 0 bridgehead atoms. The van der Waals surface area contributed by atoms with Crippen LogP contribution in [-0.2, 0) is 0 Å². The molecule has 0 radical (unpaired) electrons. The monoisotopic (exact) mass is 312 g/mol. The van der Waals surface area contributed by atoms with Gasteiger partial charge < -0.3 is 14.8 Å². The van der Waals surface area contributed by atoms with Gasteiger partial charge in [0.25, 0.3) is 0 Å². The summed E-state index contributed by atoms with van der Waals surface area (Å²) in [4.78, 5) is 25.2. The third-order valence-corrected chi connectivity index (χ3v) is 5.04. The maximum atomic E-state index is 12.5. The molecule has 1 saturated carbocycles. The molecule has 2 aliphatic rings. The van der Waals surface area contributed by atoms with Crippen LogP contribution in [0.4, 0.5) is 0 Å². The van der Waals surface area contributed by atoms with Gasteiger partial charge in [0.2, 0.25) is 0 Å². The Morgan fingerprint density at radius 1 is 1.26 bits per heavy atom. The number of H-pyrrole nitrogens is 1. The van der Waals surface area contributed by atoms with E-state index in [0.29, 0.717) is 12.3 Å². The van der Waals surface area contributed by atoms with Crippen molar-refractivity contribution >= 4 is 16.8 Å². The SMILES string of the molecule is CN1CCN(CCC(=O)c2ccc3nc(C4CC4)[nH]c3c2)CC1. The minimum Gasteiger partial charge on any atom is -0.342 e. The number of piperazine rings is 1. The van der Waals surface area contributed by atoms with E-state index in [4.69, 9.17) is 0 Å². The predicted octanol–water partition coefficient (Wildman–Crippen LogP) is 2.26. The van der Waals surface area contributed by atoms with E-state index in [2.05, 4.69) is 26.8 Å². The summed E-state index contributed by atoms with van der Waals surface area (Å²) in [5.74, 6) is 1.93. The molecule has 5 heteroatoms. The number of ketones is 1. The third-order valence-electron chi connectivity index (χ3n) is 5.04. The first kappa shape index (κ1) is 14.8. The number of benzene rings is 1. The van der Waals surface area contributed by atoms with Gasteiger partial charge in [-0.05, 0) is 38.1 Å². The van der Waals surface area contributed by atoms with E-state index in [0.717, 1.165) is 55.1 Å². The van der Waals surface area contributed by atoms with Crippen LogP contribution in [0.1, 0.15) is 41.4 Å². The van der Waals surface area contributed by atoms with Crippen LogP contribution in [0.5, 0.6) is 0 Å². The average Bonchev–Trinajstić information content (AvgIpc) is 3.33. The Labute approximate surface area is 136 Å². The highest BCUT2D eigenvalue weighted by atomic mass is 16.1. The molecule has 122 valence electrons. The van der Waals surface area contributed by atoms with Crippen molar-refractivity contribution in [3.63, 3.8) is 0 Å². The number of fused-ring (bicyclic) bond motifs is 1. The van der Waals surface area contributed by atoms with Gasteiger partial charge in [0, 0.05) is 50.6 Å². The highest BCUT2D eigenvalue weighted by Crippen LogP contribution is 2.39. The van der Waals surface area contributed by atoms with Gasteiger partial charge in [-0.3, -0.25) is 4.79 Å². The summed E-state index contributed by atoms with van der Waals surface area (Å²) < 4.78 is 0. The Morgan fingerprint density at radius 2 is 2.04 bits per heavy atom. The van der Waals surface area contributed by atoms with Crippen molar-refractivity contribution in [1.82, 2.24) is 19.8 Å². The molecule has 1 saturated heterocycles. The zero-order valence-electron chi connectivity index (χ0n) is 13.7. The van der Waals surface area contributed by atoms with Gasteiger partial charge in [0.05, 0.1) is 11.0 Å². The third kappa shape index (κ3) is 3.31. The zero-order valence-corrected chi connectivity index (χ0v) is 13.7. The highest BCUT2D eigenvalue weighted by Gasteiger charge is 2.26. The summed E-state index contributed by atoms with van der Waals surface area (Å²) in [5, 5.41) is 0. The van der Waals surface area contributed by atoms with E-state index in [-0.39, 0.29) is 5.78 Å². The lowest BCUT2D eigenvalue weighted by atomic mass is 10.1. The second kappa shape index (κ2) is 6.06. The second-order valence-corrected chi connectivity index (χ2v) is 6.95. The van der Waals surface area contributed by atoms with Gasteiger partial charge in [0.1, 0.15) is 5.82 Å². The molecular formula is C18H24N4O. The number of nitrogens with one attached hydrogen (secondary N) is 1. The molecule has 2 heterocycles. The van der Waals surface area contributed by atoms with Gasteiger partial charge in [0.15, 0.2) is 5.78 Å². The summed E-state index contributed by atoms with van der Waals surface area (Å²) in [5.41, 5.74) is 2.78. The van der Waals surface area contributed by atoms with Crippen LogP contribution in [-0.4, -0.2) is 65.3 Å². The van der Waals surface area contributed by atoms with Gasteiger partial charge >= 0.3 is 0 Å². The first-order chi connectivity index (χ1) is 11.2. The number of Topliss-reactive ketones (excluding diaryl/α,β-unsaturated/α-hetero) is 1. The molecule has 1 aromatic heterocycles. The smallest absolute Gasteiger partial charge is 0.164 e. The Hall–Kier alpha value is -1.72. The Kier molecular flexibility index (Phi) is 3.91. The fourth-order valence-corrected chi connectivity index (χ4v) is 3.23. The van der Waals surface area contributed by atoms with Crippen molar-refractivity contribution in [3.05, 3.63) is 29.6 Å². The number of likely N-dealkylation sites (N-methyl/N-ethyl adjacent to an activating group) is 1. The maximum absolute atomic E-state index is 12.5. The Balaban J connectivity index is 1.40. The van der Waals surface area contributed by atoms with Crippen LogP contribution in [0, 0.1) is 0 Å². The van der Waals surface area contributed by atoms with E-state index in [9.17, 15) is 4.79 Å². The van der Waals surface area contributed by atoms with Crippen LogP contribution in [0.15, 0.2) is 18.2 Å². The summed E-state index contributed by atoms with van der Waals surface area (Å²) in [6.07, 6.45) is 3.06. The minimum absolute atomic E-state index is 0.230. The topological polar surface area (TPSA) is 52.2 Å². The van der Waals surface area contributed by atoms with Crippen molar-refractivity contribution in [2.45, 2.75) is 25.2 Å². The lowest BCUT2D eigenvalue weighted by molar-refractivity contribution is 0.0942. The molecule has 2 aromatic rings. The number of aromatic nitrogens is 2. The van der Waals surface area contributed by atoms with Crippen molar-refractivity contribution < 1.29 is 4.79 Å². The number of aromatic amines is 1. The fourth-order valence-electron chi connectivity index (χ4n) is 3.23. The number of carbonyl (C=O) groups is 1. The quantitative estimate of drug-likeness (QED) is 0.861. The van der Waals surface area contributed by atoms with Gasteiger partial charge in [-0.1, -0.05) is 0 Å². The first-order valence-electron chi connectivity index (χ1n) is 8.63. The number of hydrogen-bond donors (Lipinski definition) is 1. The number of imidazole rings is 1. The zero-order chi connectivity index (χ0) is 15.8. The minimum atomic E-state index is 0.230. The van der Waals surface area contributed by atoms with Crippen molar-refractivity contribution in [2.24, 2.45) is 0 Å². The molecule has 2 fully saturated rings. The van der Waals surface area contributed by atoms with Crippen LogP contribution in [0.25, 0.3) is 11.0 Å². The van der Waals surface area contributed by atoms with E-state index in [1.54, 1.807) is 0 Å². The first-order valence-corrected chi connectivity index (χ1v) is 8.63. The summed E-state index contributed by atoms with van der Waals surface area (Å²) in [6.45, 7) is 5.18. The Morgan fingerprint density at radius 3 is 2.78 bits per heavy atom. The largest absolute Gasteiger partial charge is 0.342 e. The lowest BCUT2D eigenvalue weighted by Gasteiger charge is -2.32. The molecule has 1 aliphatic heterocycles. The number of rotatable bonds is 5.